The van der Waals surface area contributed by atoms with Gasteiger partial charge in [0.05, 0.1) is 25.4 Å². The molecule has 0 bridgehead atoms. The highest BCUT2D eigenvalue weighted by molar-refractivity contribution is 5.76. The molecule has 1 amide bonds. The summed E-state index contributed by atoms with van der Waals surface area (Å²) in [4.78, 5) is 13.1. The molecule has 0 spiro atoms. The first-order valence-electron chi connectivity index (χ1n) is 30.1. The Balaban J connectivity index is 2.16. The predicted molar refractivity (Wildman–Crippen MR) is 290 cm³/mol. The van der Waals surface area contributed by atoms with Gasteiger partial charge in [-0.1, -0.05) is 269 Å². The van der Waals surface area contributed by atoms with E-state index in [4.69, 9.17) is 9.47 Å². The monoisotopic (exact) mass is 978 g/mol. The summed E-state index contributed by atoms with van der Waals surface area (Å²) in [5.74, 6) is -0.172. The van der Waals surface area contributed by atoms with Crippen LogP contribution in [0.5, 0.6) is 0 Å². The molecular weight excluding hydrogens is 863 g/mol. The summed E-state index contributed by atoms with van der Waals surface area (Å²) < 4.78 is 11.3. The van der Waals surface area contributed by atoms with Crippen LogP contribution in [-0.4, -0.2) is 87.5 Å². The Morgan fingerprint density at radius 1 is 0.478 bits per heavy atom. The molecule has 9 nitrogen and oxygen atoms in total. The molecule has 7 unspecified atom stereocenters. The zero-order chi connectivity index (χ0) is 50.1. The van der Waals surface area contributed by atoms with Crippen molar-refractivity contribution in [1.82, 2.24) is 5.32 Å². The molecule has 0 aromatic carbocycles. The first-order valence-corrected chi connectivity index (χ1v) is 30.1. The van der Waals surface area contributed by atoms with Crippen molar-refractivity contribution in [3.05, 3.63) is 24.3 Å². The minimum Gasteiger partial charge on any atom is -0.394 e. The highest BCUT2D eigenvalue weighted by Crippen LogP contribution is 2.23. The van der Waals surface area contributed by atoms with Crippen molar-refractivity contribution < 1.29 is 39.8 Å². The lowest BCUT2D eigenvalue weighted by Crippen LogP contribution is -2.60. The van der Waals surface area contributed by atoms with E-state index in [1.165, 1.54) is 238 Å². The van der Waals surface area contributed by atoms with E-state index in [1.54, 1.807) is 6.08 Å². The van der Waals surface area contributed by atoms with Gasteiger partial charge in [0.25, 0.3) is 0 Å². The molecule has 9 heteroatoms. The van der Waals surface area contributed by atoms with E-state index in [0.29, 0.717) is 6.42 Å². The third-order valence-electron chi connectivity index (χ3n) is 14.5. The SMILES string of the molecule is CCCCCCCCCCCCCC/C=C\CCCCCCCCCCCCCCCC(=O)NC(COC1OC(CO)C(O)C(O)C1O)C(O)/C=C/CCCCCCCCCCCCCCCCC. The Kier molecular flexibility index (Phi) is 47.8. The largest absolute Gasteiger partial charge is 0.394 e. The Hall–Kier alpha value is -1.33. The number of aliphatic hydroxyl groups excluding tert-OH is 5. The quantitative estimate of drug-likeness (QED) is 0.0261. The molecule has 1 aliphatic rings. The highest BCUT2D eigenvalue weighted by Gasteiger charge is 2.44. The highest BCUT2D eigenvalue weighted by atomic mass is 16.7. The molecule has 6 N–H and O–H groups in total. The van der Waals surface area contributed by atoms with E-state index < -0.39 is 49.5 Å². The van der Waals surface area contributed by atoms with E-state index in [2.05, 4.69) is 31.3 Å². The molecular formula is C60H115NO8. The number of unbranched alkanes of at least 4 members (excludes halogenated alkanes) is 40. The second-order valence-corrected chi connectivity index (χ2v) is 21.1. The van der Waals surface area contributed by atoms with Crippen LogP contribution in [0.1, 0.15) is 296 Å². The molecule has 0 saturated carbocycles. The third kappa shape index (κ3) is 39.8. The van der Waals surface area contributed by atoms with Crippen molar-refractivity contribution in [2.45, 2.75) is 339 Å². The van der Waals surface area contributed by atoms with Crippen LogP contribution < -0.4 is 5.32 Å². The van der Waals surface area contributed by atoms with Gasteiger partial charge in [-0.25, -0.2) is 0 Å². The Labute approximate surface area is 426 Å². The van der Waals surface area contributed by atoms with Crippen LogP contribution in [0, 0.1) is 0 Å². The maximum absolute atomic E-state index is 13.1. The lowest BCUT2D eigenvalue weighted by molar-refractivity contribution is -0.302. The van der Waals surface area contributed by atoms with Crippen molar-refractivity contribution in [3.63, 3.8) is 0 Å². The second-order valence-electron chi connectivity index (χ2n) is 21.1. The fourth-order valence-electron chi connectivity index (χ4n) is 9.74. The zero-order valence-electron chi connectivity index (χ0n) is 45.3. The number of rotatable bonds is 52. The number of hydrogen-bond acceptors (Lipinski definition) is 8. The molecule has 1 saturated heterocycles. The summed E-state index contributed by atoms with van der Waals surface area (Å²) in [6, 6.07) is -0.803. The number of carbonyl (C=O) groups excluding carboxylic acids is 1. The van der Waals surface area contributed by atoms with Gasteiger partial charge >= 0.3 is 0 Å². The van der Waals surface area contributed by atoms with Gasteiger partial charge in [-0.2, -0.15) is 0 Å². The summed E-state index contributed by atoms with van der Waals surface area (Å²) in [6.07, 6.45) is 56.8. The molecule has 7 atom stereocenters. The average Bonchev–Trinajstić information content (AvgIpc) is 3.35. The van der Waals surface area contributed by atoms with Crippen LogP contribution in [0.2, 0.25) is 0 Å². The Bertz CT molecular complexity index is 1130. The van der Waals surface area contributed by atoms with Crippen molar-refractivity contribution in [2.75, 3.05) is 13.2 Å². The Morgan fingerprint density at radius 2 is 0.812 bits per heavy atom. The van der Waals surface area contributed by atoms with Gasteiger partial charge in [0.15, 0.2) is 6.29 Å². The van der Waals surface area contributed by atoms with Gasteiger partial charge in [0.2, 0.25) is 5.91 Å². The molecule has 408 valence electrons. The summed E-state index contributed by atoms with van der Waals surface area (Å²) in [6.45, 7) is 3.81. The van der Waals surface area contributed by atoms with Gasteiger partial charge in [0, 0.05) is 6.42 Å². The lowest BCUT2D eigenvalue weighted by Gasteiger charge is -2.40. The minimum atomic E-state index is -1.56. The summed E-state index contributed by atoms with van der Waals surface area (Å²) in [5.41, 5.74) is 0. The molecule has 0 aromatic rings. The zero-order valence-corrected chi connectivity index (χ0v) is 45.3. The lowest BCUT2D eigenvalue weighted by atomic mass is 9.99. The Morgan fingerprint density at radius 3 is 1.17 bits per heavy atom. The summed E-state index contributed by atoms with van der Waals surface area (Å²) in [7, 11) is 0. The molecule has 1 heterocycles. The van der Waals surface area contributed by atoms with E-state index in [1.807, 2.05) is 6.08 Å². The van der Waals surface area contributed by atoms with Gasteiger partial charge in [-0.3, -0.25) is 4.79 Å². The van der Waals surface area contributed by atoms with Crippen LogP contribution in [0.3, 0.4) is 0 Å². The van der Waals surface area contributed by atoms with E-state index in [9.17, 15) is 30.3 Å². The summed E-state index contributed by atoms with van der Waals surface area (Å²) >= 11 is 0. The van der Waals surface area contributed by atoms with Crippen molar-refractivity contribution >= 4 is 5.91 Å². The van der Waals surface area contributed by atoms with Crippen molar-refractivity contribution in [2.24, 2.45) is 0 Å². The molecule has 1 fully saturated rings. The second kappa shape index (κ2) is 50.2. The van der Waals surface area contributed by atoms with Crippen LogP contribution in [0.4, 0.5) is 0 Å². The molecule has 0 aliphatic carbocycles. The average molecular weight is 979 g/mol. The van der Waals surface area contributed by atoms with Gasteiger partial charge in [-0.05, 0) is 44.9 Å². The minimum absolute atomic E-state index is 0.172. The number of nitrogens with one attached hydrogen (secondary N) is 1. The fourth-order valence-corrected chi connectivity index (χ4v) is 9.74. The fraction of sp³-hybridized carbons (Fsp3) is 0.917. The van der Waals surface area contributed by atoms with Crippen molar-refractivity contribution in [3.8, 4) is 0 Å². The standard InChI is InChI=1S/C60H115NO8/c1-3-5-7-9-11-13-15-17-19-21-22-23-24-25-26-27-28-29-30-31-32-34-36-38-40-42-44-46-48-50-56(64)61-53(52-68-60-59(67)58(66)57(65)55(51-62)69-60)54(63)49-47-45-43-41-39-37-35-33-20-18-16-14-12-10-8-6-4-2/h25-26,47,49,53-55,57-60,62-63,65-67H,3-24,27-46,48,50-52H2,1-2H3,(H,61,64)/b26-25-,49-47+. The van der Waals surface area contributed by atoms with Crippen LogP contribution in [0.25, 0.3) is 0 Å². The van der Waals surface area contributed by atoms with Crippen molar-refractivity contribution in [1.29, 1.82) is 0 Å². The number of allylic oxidation sites excluding steroid dienone is 3. The van der Waals surface area contributed by atoms with Gasteiger partial charge < -0.3 is 40.3 Å². The third-order valence-corrected chi connectivity index (χ3v) is 14.5. The number of carbonyl (C=O) groups is 1. The number of hydrogen-bond donors (Lipinski definition) is 6. The maximum atomic E-state index is 13.1. The van der Waals surface area contributed by atoms with Crippen LogP contribution in [0.15, 0.2) is 24.3 Å². The number of ether oxygens (including phenoxy) is 2. The molecule has 69 heavy (non-hydrogen) atoms. The van der Waals surface area contributed by atoms with Crippen LogP contribution >= 0.6 is 0 Å². The topological polar surface area (TPSA) is 149 Å². The predicted octanol–water partition coefficient (Wildman–Crippen LogP) is 15.0. The smallest absolute Gasteiger partial charge is 0.220 e. The molecule has 1 aliphatic heterocycles. The molecule has 0 aromatic heterocycles. The first-order chi connectivity index (χ1) is 33.8. The van der Waals surface area contributed by atoms with Crippen LogP contribution in [-0.2, 0) is 14.3 Å². The van der Waals surface area contributed by atoms with E-state index in [-0.39, 0.29) is 12.5 Å². The maximum Gasteiger partial charge on any atom is 0.220 e. The number of amides is 1. The van der Waals surface area contributed by atoms with Gasteiger partial charge in [-0.15, -0.1) is 0 Å². The van der Waals surface area contributed by atoms with E-state index in [0.717, 1.165) is 38.5 Å². The van der Waals surface area contributed by atoms with Gasteiger partial charge in [0.1, 0.15) is 24.4 Å². The summed E-state index contributed by atoms with van der Waals surface area (Å²) in [5, 5.41) is 54.5. The normalized spacial score (nSPS) is 19.6. The molecule has 1 rings (SSSR count). The van der Waals surface area contributed by atoms with E-state index >= 15 is 0 Å². The molecule has 0 radical (unpaired) electrons. The number of aliphatic hydroxyl groups is 5. The first kappa shape index (κ1) is 65.7.